The second kappa shape index (κ2) is 8.64. The Balaban J connectivity index is 1.52. The highest BCUT2D eigenvalue weighted by atomic mass is 35.5. The van der Waals surface area contributed by atoms with E-state index in [0.717, 1.165) is 33.9 Å². The molecule has 0 aliphatic carbocycles. The van der Waals surface area contributed by atoms with Crippen LogP contribution < -0.4 is 4.74 Å². The molecule has 0 saturated carbocycles. The Morgan fingerprint density at radius 3 is 2.84 bits per heavy atom. The van der Waals surface area contributed by atoms with E-state index >= 15 is 0 Å². The Morgan fingerprint density at radius 2 is 2.08 bits per heavy atom. The molecular formula is C16H18ClN5OS2. The molecule has 2 heterocycles. The number of thiazole rings is 1. The molecule has 0 aliphatic rings. The van der Waals surface area contributed by atoms with E-state index in [1.165, 1.54) is 0 Å². The highest BCUT2D eigenvalue weighted by molar-refractivity contribution is 7.98. The fourth-order valence-corrected chi connectivity index (χ4v) is 3.77. The summed E-state index contributed by atoms with van der Waals surface area (Å²) in [5, 5.41) is 16.4. The van der Waals surface area contributed by atoms with Crippen molar-refractivity contribution < 1.29 is 4.74 Å². The lowest BCUT2D eigenvalue weighted by atomic mass is 10.2. The van der Waals surface area contributed by atoms with Crippen LogP contribution in [0.5, 0.6) is 5.75 Å². The average Bonchev–Trinajstić information content (AvgIpc) is 3.21. The predicted molar refractivity (Wildman–Crippen MR) is 100 cm³/mol. The first-order chi connectivity index (χ1) is 12.1. The Hall–Kier alpha value is -1.64. The van der Waals surface area contributed by atoms with Crippen LogP contribution in [0.4, 0.5) is 0 Å². The molecule has 25 heavy (non-hydrogen) atoms. The zero-order valence-corrected chi connectivity index (χ0v) is 16.3. The summed E-state index contributed by atoms with van der Waals surface area (Å²) in [4.78, 5) is 4.60. The number of hydrogen-bond donors (Lipinski definition) is 0. The summed E-state index contributed by atoms with van der Waals surface area (Å²) in [5.41, 5.74) is 1.00. The summed E-state index contributed by atoms with van der Waals surface area (Å²) in [5.74, 6) is 2.01. The van der Waals surface area contributed by atoms with E-state index in [0.29, 0.717) is 17.5 Å². The minimum Gasteiger partial charge on any atom is -0.486 e. The van der Waals surface area contributed by atoms with Crippen molar-refractivity contribution in [2.75, 3.05) is 0 Å². The van der Waals surface area contributed by atoms with E-state index in [9.17, 15) is 0 Å². The molecule has 0 saturated heterocycles. The number of rotatable bonds is 8. The standard InChI is InChI=1S/C16H18ClN5OS2/c1-11(2)7-22-16(19-20-21-22)25-10-13-9-24-15(18-13)8-23-14-5-3-12(17)4-6-14/h3-6,9,11H,7-8,10H2,1-2H3. The van der Waals surface area contributed by atoms with Gasteiger partial charge in [0.25, 0.3) is 0 Å². The van der Waals surface area contributed by atoms with Gasteiger partial charge >= 0.3 is 0 Å². The number of nitrogens with zero attached hydrogens (tertiary/aromatic N) is 5. The van der Waals surface area contributed by atoms with E-state index in [2.05, 4.69) is 34.4 Å². The van der Waals surface area contributed by atoms with Gasteiger partial charge < -0.3 is 4.74 Å². The second-order valence-corrected chi connectivity index (χ2v) is 8.12. The van der Waals surface area contributed by atoms with Gasteiger partial charge in [-0.05, 0) is 40.6 Å². The van der Waals surface area contributed by atoms with Crippen LogP contribution in [-0.4, -0.2) is 25.2 Å². The van der Waals surface area contributed by atoms with Crippen LogP contribution in [-0.2, 0) is 18.9 Å². The molecule has 0 aliphatic heterocycles. The van der Waals surface area contributed by atoms with E-state index in [1.807, 2.05) is 34.3 Å². The first-order valence-corrected chi connectivity index (χ1v) is 10.0. The van der Waals surface area contributed by atoms with Crippen LogP contribution in [0, 0.1) is 5.92 Å². The molecule has 9 heteroatoms. The number of tetrazole rings is 1. The molecule has 0 fully saturated rings. The molecule has 2 aromatic heterocycles. The third-order valence-corrected chi connectivity index (χ3v) is 5.28. The van der Waals surface area contributed by atoms with Gasteiger partial charge in [0.2, 0.25) is 5.16 Å². The maximum atomic E-state index is 5.86. The molecule has 132 valence electrons. The molecule has 0 amide bonds. The largest absolute Gasteiger partial charge is 0.486 e. The van der Waals surface area contributed by atoms with Crippen molar-refractivity contribution in [2.24, 2.45) is 5.92 Å². The Morgan fingerprint density at radius 1 is 1.28 bits per heavy atom. The van der Waals surface area contributed by atoms with Crippen molar-refractivity contribution in [3.05, 3.63) is 45.4 Å². The van der Waals surface area contributed by atoms with Crippen molar-refractivity contribution in [3.8, 4) is 5.75 Å². The number of benzene rings is 1. The van der Waals surface area contributed by atoms with Gasteiger partial charge in [-0.2, -0.15) is 0 Å². The van der Waals surface area contributed by atoms with Crippen molar-refractivity contribution in [3.63, 3.8) is 0 Å². The molecule has 0 bridgehead atoms. The highest BCUT2D eigenvalue weighted by Crippen LogP contribution is 2.23. The summed E-state index contributed by atoms with van der Waals surface area (Å²) in [6, 6.07) is 7.31. The minimum atomic E-state index is 0.446. The van der Waals surface area contributed by atoms with Gasteiger partial charge in [-0.25, -0.2) is 9.67 Å². The highest BCUT2D eigenvalue weighted by Gasteiger charge is 2.10. The number of aromatic nitrogens is 5. The molecule has 1 aromatic carbocycles. The van der Waals surface area contributed by atoms with Gasteiger partial charge in [-0.15, -0.1) is 16.4 Å². The van der Waals surface area contributed by atoms with Gasteiger partial charge in [0.15, 0.2) is 0 Å². The molecule has 0 spiro atoms. The summed E-state index contributed by atoms with van der Waals surface area (Å²) in [6.45, 7) is 5.54. The van der Waals surface area contributed by atoms with Gasteiger partial charge in [0.05, 0.1) is 5.69 Å². The SMILES string of the molecule is CC(C)Cn1nnnc1SCc1csc(COc2ccc(Cl)cc2)n1. The molecule has 0 N–H and O–H groups in total. The van der Waals surface area contributed by atoms with Crippen molar-refractivity contribution >= 4 is 34.7 Å². The lowest BCUT2D eigenvalue weighted by molar-refractivity contribution is 0.305. The van der Waals surface area contributed by atoms with Gasteiger partial charge in [-0.3, -0.25) is 0 Å². The second-order valence-electron chi connectivity index (χ2n) is 5.80. The first-order valence-electron chi connectivity index (χ1n) is 7.81. The fraction of sp³-hybridized carbons (Fsp3) is 0.375. The predicted octanol–water partition coefficient (Wildman–Crippen LogP) is 4.31. The first kappa shape index (κ1) is 18.2. The van der Waals surface area contributed by atoms with E-state index in [4.69, 9.17) is 16.3 Å². The Labute approximate surface area is 159 Å². The molecule has 3 aromatic rings. The van der Waals surface area contributed by atoms with Gasteiger partial charge in [0, 0.05) is 22.7 Å². The van der Waals surface area contributed by atoms with Crippen LogP contribution in [0.2, 0.25) is 5.02 Å². The van der Waals surface area contributed by atoms with Crippen LogP contribution in [0.3, 0.4) is 0 Å². The molecule has 6 nitrogen and oxygen atoms in total. The van der Waals surface area contributed by atoms with E-state index in [1.54, 1.807) is 23.1 Å². The zero-order valence-electron chi connectivity index (χ0n) is 13.9. The summed E-state index contributed by atoms with van der Waals surface area (Å²) in [7, 11) is 0. The third kappa shape index (κ3) is 5.42. The number of halogens is 1. The Kier molecular flexibility index (Phi) is 6.28. The average molecular weight is 396 g/mol. The van der Waals surface area contributed by atoms with Crippen LogP contribution in [0.15, 0.2) is 34.8 Å². The molecular weight excluding hydrogens is 378 g/mol. The number of thioether (sulfide) groups is 1. The fourth-order valence-electron chi connectivity index (χ4n) is 2.06. The van der Waals surface area contributed by atoms with E-state index in [-0.39, 0.29) is 0 Å². The molecule has 3 rings (SSSR count). The lowest BCUT2D eigenvalue weighted by Gasteiger charge is -2.05. The summed E-state index contributed by atoms with van der Waals surface area (Å²) >= 11 is 9.05. The van der Waals surface area contributed by atoms with Crippen molar-refractivity contribution in [2.45, 2.75) is 37.9 Å². The normalized spacial score (nSPS) is 11.2. The maximum absolute atomic E-state index is 5.86. The van der Waals surface area contributed by atoms with Crippen LogP contribution in [0.1, 0.15) is 24.5 Å². The summed E-state index contributed by atoms with van der Waals surface area (Å²) < 4.78 is 7.56. The van der Waals surface area contributed by atoms with Crippen molar-refractivity contribution in [1.29, 1.82) is 0 Å². The summed E-state index contributed by atoms with van der Waals surface area (Å²) in [6.07, 6.45) is 0. The third-order valence-electron chi connectivity index (χ3n) is 3.16. The monoisotopic (exact) mass is 395 g/mol. The van der Waals surface area contributed by atoms with Crippen molar-refractivity contribution in [1.82, 2.24) is 25.2 Å². The molecule has 0 unspecified atom stereocenters. The smallest absolute Gasteiger partial charge is 0.209 e. The van der Waals surface area contributed by atoms with Crippen LogP contribution >= 0.6 is 34.7 Å². The maximum Gasteiger partial charge on any atom is 0.209 e. The van der Waals surface area contributed by atoms with Crippen LogP contribution in [0.25, 0.3) is 0 Å². The van der Waals surface area contributed by atoms with E-state index < -0.39 is 0 Å². The number of hydrogen-bond acceptors (Lipinski definition) is 7. The topological polar surface area (TPSA) is 65.7 Å². The molecule has 0 radical (unpaired) electrons. The number of ether oxygens (including phenoxy) is 1. The molecule has 0 atom stereocenters. The Bertz CT molecular complexity index is 803. The van der Waals surface area contributed by atoms with Gasteiger partial charge in [0.1, 0.15) is 17.4 Å². The quantitative estimate of drug-likeness (QED) is 0.529. The zero-order chi connectivity index (χ0) is 17.6. The van der Waals surface area contributed by atoms with Gasteiger partial charge in [-0.1, -0.05) is 37.2 Å². The minimum absolute atomic E-state index is 0.446. The lowest BCUT2D eigenvalue weighted by Crippen LogP contribution is -2.07.